The first-order valence-electron chi connectivity index (χ1n) is 5.67. The van der Waals surface area contributed by atoms with E-state index in [4.69, 9.17) is 5.11 Å². The van der Waals surface area contributed by atoms with E-state index >= 15 is 0 Å². The Bertz CT molecular complexity index is 671. The molecular weight excluding hydrogens is 263 g/mol. The second-order valence-electron chi connectivity index (χ2n) is 3.96. The van der Waals surface area contributed by atoms with Gasteiger partial charge in [0.05, 0.1) is 6.21 Å². The molecule has 6 heteroatoms. The summed E-state index contributed by atoms with van der Waals surface area (Å²) in [5, 5.41) is 22.1. The summed E-state index contributed by atoms with van der Waals surface area (Å²) < 4.78 is 12.9. The Balaban J connectivity index is 2.02. The first-order chi connectivity index (χ1) is 9.56. The first-order valence-corrected chi connectivity index (χ1v) is 5.67. The number of hydrazone groups is 1. The van der Waals surface area contributed by atoms with Crippen molar-refractivity contribution < 1.29 is 19.4 Å². The monoisotopic (exact) mass is 274 g/mol. The van der Waals surface area contributed by atoms with E-state index in [9.17, 15) is 14.3 Å². The third-order valence-corrected chi connectivity index (χ3v) is 2.47. The second kappa shape index (κ2) is 5.83. The van der Waals surface area contributed by atoms with Crippen LogP contribution in [0.1, 0.15) is 15.9 Å². The minimum Gasteiger partial charge on any atom is -0.504 e. The molecule has 0 atom stereocenters. The molecule has 0 heterocycles. The van der Waals surface area contributed by atoms with E-state index in [1.807, 2.05) is 0 Å². The van der Waals surface area contributed by atoms with E-state index in [1.165, 1.54) is 42.6 Å². The van der Waals surface area contributed by atoms with Gasteiger partial charge in [-0.25, -0.2) is 9.82 Å². The molecule has 2 rings (SSSR count). The minimum atomic E-state index is -0.552. The fraction of sp³-hybridized carbons (Fsp3) is 0. The van der Waals surface area contributed by atoms with E-state index in [2.05, 4.69) is 10.5 Å². The van der Waals surface area contributed by atoms with Crippen molar-refractivity contribution in [3.8, 4) is 11.5 Å². The van der Waals surface area contributed by atoms with Crippen LogP contribution in [0.5, 0.6) is 11.5 Å². The summed E-state index contributed by atoms with van der Waals surface area (Å²) in [6.45, 7) is 0. The molecular formula is C14H11FN2O3. The Morgan fingerprint density at radius 2 is 1.95 bits per heavy atom. The average Bonchev–Trinajstić information content (AvgIpc) is 2.42. The van der Waals surface area contributed by atoms with Crippen molar-refractivity contribution >= 4 is 12.1 Å². The third-order valence-electron chi connectivity index (χ3n) is 2.47. The Labute approximate surface area is 114 Å². The summed E-state index contributed by atoms with van der Waals surface area (Å²) in [5.74, 6) is -1.59. The van der Waals surface area contributed by atoms with Crippen LogP contribution in [0.4, 0.5) is 4.39 Å². The van der Waals surface area contributed by atoms with Gasteiger partial charge in [-0.3, -0.25) is 4.79 Å². The van der Waals surface area contributed by atoms with Crippen LogP contribution < -0.4 is 5.43 Å². The van der Waals surface area contributed by atoms with Gasteiger partial charge in [0.2, 0.25) is 0 Å². The van der Waals surface area contributed by atoms with Gasteiger partial charge in [0.1, 0.15) is 5.82 Å². The van der Waals surface area contributed by atoms with Crippen LogP contribution in [0.3, 0.4) is 0 Å². The summed E-state index contributed by atoms with van der Waals surface area (Å²) in [6, 6.07) is 9.30. The molecule has 0 radical (unpaired) electrons. The van der Waals surface area contributed by atoms with Gasteiger partial charge in [0.25, 0.3) is 5.91 Å². The smallest absolute Gasteiger partial charge is 0.271 e. The topological polar surface area (TPSA) is 81.9 Å². The third kappa shape index (κ3) is 3.32. The second-order valence-corrected chi connectivity index (χ2v) is 3.96. The average molecular weight is 274 g/mol. The molecule has 0 saturated carbocycles. The largest absolute Gasteiger partial charge is 0.504 e. The van der Waals surface area contributed by atoms with Gasteiger partial charge in [-0.2, -0.15) is 5.10 Å². The molecule has 3 N–H and O–H groups in total. The number of benzene rings is 2. The van der Waals surface area contributed by atoms with Crippen LogP contribution in [0.2, 0.25) is 0 Å². The van der Waals surface area contributed by atoms with Crippen LogP contribution in [-0.2, 0) is 0 Å². The number of hydrogen-bond acceptors (Lipinski definition) is 4. The molecule has 102 valence electrons. The fourth-order valence-corrected chi connectivity index (χ4v) is 1.48. The predicted octanol–water partition coefficient (Wildman–Crippen LogP) is 2.00. The minimum absolute atomic E-state index is 0.149. The number of carbonyl (C=O) groups is 1. The van der Waals surface area contributed by atoms with E-state index in [1.54, 1.807) is 0 Å². The molecule has 0 aromatic heterocycles. The molecule has 0 aliphatic rings. The Kier molecular flexibility index (Phi) is 3.95. The molecule has 2 aromatic rings. The van der Waals surface area contributed by atoms with Gasteiger partial charge in [0, 0.05) is 5.56 Å². The molecule has 0 aliphatic carbocycles. The van der Waals surface area contributed by atoms with Gasteiger partial charge in [-0.05, 0) is 42.0 Å². The zero-order valence-electron chi connectivity index (χ0n) is 10.2. The number of rotatable bonds is 3. The lowest BCUT2D eigenvalue weighted by Crippen LogP contribution is -2.17. The number of nitrogens with one attached hydrogen (secondary N) is 1. The van der Waals surface area contributed by atoms with E-state index < -0.39 is 11.7 Å². The van der Waals surface area contributed by atoms with Crippen molar-refractivity contribution in [2.75, 3.05) is 0 Å². The van der Waals surface area contributed by atoms with Crippen molar-refractivity contribution in [3.63, 3.8) is 0 Å². The van der Waals surface area contributed by atoms with Crippen LogP contribution in [0, 0.1) is 5.82 Å². The zero-order chi connectivity index (χ0) is 14.5. The summed E-state index contributed by atoms with van der Waals surface area (Å²) in [4.78, 5) is 11.6. The number of phenolic OH excluding ortho intramolecular Hbond substituents is 2. The van der Waals surface area contributed by atoms with Crippen LogP contribution in [0.15, 0.2) is 47.6 Å². The highest BCUT2D eigenvalue weighted by atomic mass is 19.1. The number of halogens is 1. The first kappa shape index (κ1) is 13.5. The molecule has 0 bridgehead atoms. The quantitative estimate of drug-likeness (QED) is 0.455. The van der Waals surface area contributed by atoms with Crippen molar-refractivity contribution in [1.29, 1.82) is 0 Å². The predicted molar refractivity (Wildman–Crippen MR) is 71.2 cm³/mol. The molecule has 5 nitrogen and oxygen atoms in total. The maximum absolute atomic E-state index is 12.9. The SMILES string of the molecule is O=C(N/N=C/c1ccc(O)c(O)c1)c1cccc(F)c1. The number of hydrogen-bond donors (Lipinski definition) is 3. The lowest BCUT2D eigenvalue weighted by atomic mass is 10.2. The number of phenols is 2. The molecule has 0 aliphatic heterocycles. The molecule has 0 spiro atoms. The van der Waals surface area contributed by atoms with Crippen LogP contribution >= 0.6 is 0 Å². The van der Waals surface area contributed by atoms with E-state index in [0.717, 1.165) is 6.07 Å². The number of aromatic hydroxyl groups is 2. The molecule has 2 aromatic carbocycles. The molecule has 20 heavy (non-hydrogen) atoms. The van der Waals surface area contributed by atoms with Crippen molar-refractivity contribution in [3.05, 3.63) is 59.4 Å². The summed E-state index contributed by atoms with van der Waals surface area (Å²) in [7, 11) is 0. The molecule has 0 fully saturated rings. The highest BCUT2D eigenvalue weighted by molar-refractivity contribution is 5.94. The number of carbonyl (C=O) groups excluding carboxylic acids is 1. The Hall–Kier alpha value is -2.89. The van der Waals surface area contributed by atoms with E-state index in [-0.39, 0.29) is 17.1 Å². The van der Waals surface area contributed by atoms with Gasteiger partial charge in [0.15, 0.2) is 11.5 Å². The van der Waals surface area contributed by atoms with Gasteiger partial charge >= 0.3 is 0 Å². The maximum atomic E-state index is 12.9. The molecule has 0 saturated heterocycles. The van der Waals surface area contributed by atoms with Crippen molar-refractivity contribution in [1.82, 2.24) is 5.43 Å². The fourth-order valence-electron chi connectivity index (χ4n) is 1.48. The number of nitrogens with zero attached hydrogens (tertiary/aromatic N) is 1. The normalized spacial score (nSPS) is 10.7. The molecule has 0 unspecified atom stereocenters. The van der Waals surface area contributed by atoms with Crippen LogP contribution in [-0.4, -0.2) is 22.3 Å². The summed E-state index contributed by atoms with van der Waals surface area (Å²) in [5.41, 5.74) is 2.86. The van der Waals surface area contributed by atoms with Crippen LogP contribution in [0.25, 0.3) is 0 Å². The van der Waals surface area contributed by atoms with Gasteiger partial charge < -0.3 is 10.2 Å². The highest BCUT2D eigenvalue weighted by Crippen LogP contribution is 2.23. The molecule has 1 amide bonds. The standard InChI is InChI=1S/C14H11FN2O3/c15-11-3-1-2-10(7-11)14(20)17-16-8-9-4-5-12(18)13(19)6-9/h1-8,18-19H,(H,17,20)/b16-8+. The van der Waals surface area contributed by atoms with Crippen molar-refractivity contribution in [2.24, 2.45) is 5.10 Å². The van der Waals surface area contributed by atoms with Crippen molar-refractivity contribution in [2.45, 2.75) is 0 Å². The maximum Gasteiger partial charge on any atom is 0.271 e. The highest BCUT2D eigenvalue weighted by Gasteiger charge is 2.04. The lowest BCUT2D eigenvalue weighted by Gasteiger charge is -2.00. The van der Waals surface area contributed by atoms with Gasteiger partial charge in [-0.1, -0.05) is 6.07 Å². The summed E-state index contributed by atoms with van der Waals surface area (Å²) >= 11 is 0. The number of amides is 1. The summed E-state index contributed by atoms with van der Waals surface area (Å²) in [6.07, 6.45) is 1.29. The Morgan fingerprint density at radius 3 is 2.65 bits per heavy atom. The van der Waals surface area contributed by atoms with E-state index in [0.29, 0.717) is 5.56 Å². The zero-order valence-corrected chi connectivity index (χ0v) is 10.2. The lowest BCUT2D eigenvalue weighted by molar-refractivity contribution is 0.0954. The Morgan fingerprint density at radius 1 is 1.15 bits per heavy atom. The van der Waals surface area contributed by atoms with Gasteiger partial charge in [-0.15, -0.1) is 0 Å².